The lowest BCUT2D eigenvalue weighted by Gasteiger charge is -2.26. The first kappa shape index (κ1) is 24.8. The minimum atomic E-state index is -1.01. The van der Waals surface area contributed by atoms with E-state index in [-0.39, 0.29) is 34.2 Å². The van der Waals surface area contributed by atoms with Crippen molar-refractivity contribution in [1.82, 2.24) is 14.6 Å². The molecule has 1 aliphatic heterocycles. The van der Waals surface area contributed by atoms with Gasteiger partial charge < -0.3 is 20.5 Å². The van der Waals surface area contributed by atoms with Gasteiger partial charge in [-0.05, 0) is 36.5 Å². The molecule has 0 aliphatic carbocycles. The Bertz CT molecular complexity index is 982. The lowest BCUT2D eigenvalue weighted by atomic mass is 10.1. The highest BCUT2D eigenvalue weighted by Crippen LogP contribution is 2.31. The minimum Gasteiger partial charge on any atom is -0.471 e. The molecular weight excluding hydrogens is 456 g/mol. The summed E-state index contributed by atoms with van der Waals surface area (Å²) in [6.45, 7) is 5.81. The van der Waals surface area contributed by atoms with Crippen LogP contribution in [0.5, 0.6) is 5.88 Å². The van der Waals surface area contributed by atoms with Crippen LogP contribution in [0.2, 0.25) is 0 Å². The summed E-state index contributed by atoms with van der Waals surface area (Å²) >= 11 is 0.806. The van der Waals surface area contributed by atoms with Crippen LogP contribution in [0.25, 0.3) is 0 Å². The second kappa shape index (κ2) is 11.9. The fourth-order valence-corrected chi connectivity index (χ4v) is 4.05. The number of morpholine rings is 1. The Morgan fingerprint density at radius 2 is 1.94 bits per heavy atom. The molecule has 2 aromatic rings. The lowest BCUT2D eigenvalue weighted by molar-refractivity contribution is 0.0375. The summed E-state index contributed by atoms with van der Waals surface area (Å²) in [5.41, 5.74) is 5.52. The fourth-order valence-electron chi connectivity index (χ4n) is 3.31. The summed E-state index contributed by atoms with van der Waals surface area (Å²) in [6, 6.07) is 2.37. The first-order chi connectivity index (χ1) is 15.9. The molecule has 33 heavy (non-hydrogen) atoms. The third-order valence-electron chi connectivity index (χ3n) is 5.16. The van der Waals surface area contributed by atoms with E-state index < -0.39 is 23.6 Å². The molecule has 3 rings (SSSR count). The zero-order chi connectivity index (χ0) is 23.8. The molecule has 0 unspecified atom stereocenters. The Kier molecular flexibility index (Phi) is 8.92. The lowest BCUT2D eigenvalue weighted by Crippen LogP contribution is -2.38. The Morgan fingerprint density at radius 3 is 2.64 bits per heavy atom. The number of benzene rings is 1. The maximum atomic E-state index is 14.2. The van der Waals surface area contributed by atoms with E-state index in [9.17, 15) is 18.4 Å². The Hall–Kier alpha value is -2.83. The van der Waals surface area contributed by atoms with Gasteiger partial charge in [-0.1, -0.05) is 19.1 Å². The van der Waals surface area contributed by atoms with E-state index in [2.05, 4.69) is 19.9 Å². The smallest absolute Gasteiger partial charge is 0.319 e. The minimum absolute atomic E-state index is 0.0272. The summed E-state index contributed by atoms with van der Waals surface area (Å²) in [7, 11) is 0. The van der Waals surface area contributed by atoms with Crippen LogP contribution in [0, 0.1) is 11.6 Å². The summed E-state index contributed by atoms with van der Waals surface area (Å²) in [5, 5.41) is 5.36. The van der Waals surface area contributed by atoms with Crippen molar-refractivity contribution in [2.75, 3.05) is 44.7 Å². The van der Waals surface area contributed by atoms with Crippen molar-refractivity contribution in [2.24, 2.45) is 5.73 Å². The standard InChI is InChI=1S/C21H27F2N5O4S/c1-2-13-4-5-14(17(23)16(13)22)12-32-19-15(18(24)29)20(33-27-19)26-21(30)25-6-3-7-28-8-10-31-11-9-28/h4-5H,2-3,6-12H2,1H3,(H2,24,29)(H2,25,26,30). The van der Waals surface area contributed by atoms with Gasteiger partial charge in [0.2, 0.25) is 5.88 Å². The van der Waals surface area contributed by atoms with Crippen molar-refractivity contribution >= 4 is 28.5 Å². The molecule has 1 fully saturated rings. The molecule has 1 aromatic carbocycles. The zero-order valence-electron chi connectivity index (χ0n) is 18.3. The molecule has 3 amide bonds. The maximum absolute atomic E-state index is 14.2. The number of carbonyl (C=O) groups excluding carboxylic acids is 2. The van der Waals surface area contributed by atoms with Crippen molar-refractivity contribution in [3.63, 3.8) is 0 Å². The number of hydrogen-bond donors (Lipinski definition) is 3. The first-order valence-electron chi connectivity index (χ1n) is 10.6. The predicted octanol–water partition coefficient (Wildman–Crippen LogP) is 2.51. The number of aryl methyl sites for hydroxylation is 1. The topological polar surface area (TPSA) is 119 Å². The van der Waals surface area contributed by atoms with Gasteiger partial charge in [0.15, 0.2) is 11.6 Å². The highest BCUT2D eigenvalue weighted by Gasteiger charge is 2.23. The number of primary amides is 1. The molecule has 2 heterocycles. The number of halogens is 2. The Morgan fingerprint density at radius 1 is 1.24 bits per heavy atom. The van der Waals surface area contributed by atoms with Gasteiger partial charge in [0.05, 0.1) is 13.2 Å². The average molecular weight is 484 g/mol. The monoisotopic (exact) mass is 483 g/mol. The largest absolute Gasteiger partial charge is 0.471 e. The molecule has 4 N–H and O–H groups in total. The summed E-state index contributed by atoms with van der Waals surface area (Å²) in [6.07, 6.45) is 1.11. The molecule has 0 radical (unpaired) electrons. The number of ether oxygens (including phenoxy) is 2. The summed E-state index contributed by atoms with van der Waals surface area (Å²) in [4.78, 5) is 26.4. The van der Waals surface area contributed by atoms with Gasteiger partial charge in [-0.25, -0.2) is 13.6 Å². The van der Waals surface area contributed by atoms with Crippen LogP contribution in [0.1, 0.15) is 34.8 Å². The van der Waals surface area contributed by atoms with Crippen molar-refractivity contribution in [3.05, 3.63) is 40.5 Å². The third-order valence-corrected chi connectivity index (χ3v) is 5.91. The number of nitrogens with two attached hydrogens (primary N) is 1. The molecule has 0 spiro atoms. The van der Waals surface area contributed by atoms with Gasteiger partial charge >= 0.3 is 6.03 Å². The average Bonchev–Trinajstić information content (AvgIpc) is 3.21. The van der Waals surface area contributed by atoms with Crippen LogP contribution in [0.15, 0.2) is 12.1 Å². The van der Waals surface area contributed by atoms with E-state index in [0.29, 0.717) is 26.2 Å². The van der Waals surface area contributed by atoms with Gasteiger partial charge in [-0.2, -0.15) is 4.37 Å². The highest BCUT2D eigenvalue weighted by atomic mass is 32.1. The molecule has 9 nitrogen and oxygen atoms in total. The molecule has 0 atom stereocenters. The highest BCUT2D eigenvalue weighted by molar-refractivity contribution is 7.11. The van der Waals surface area contributed by atoms with Gasteiger partial charge in [-0.3, -0.25) is 15.0 Å². The Balaban J connectivity index is 1.55. The van der Waals surface area contributed by atoms with Crippen molar-refractivity contribution in [1.29, 1.82) is 0 Å². The quantitative estimate of drug-likeness (QED) is 0.447. The SMILES string of the molecule is CCc1ccc(COc2nsc(NC(=O)NCCCN3CCOCC3)c2C(N)=O)c(F)c1F. The van der Waals surface area contributed by atoms with Gasteiger partial charge in [-0.15, -0.1) is 0 Å². The number of nitrogens with zero attached hydrogens (tertiary/aromatic N) is 2. The number of anilines is 1. The first-order valence-corrected chi connectivity index (χ1v) is 11.4. The number of amides is 3. The van der Waals surface area contributed by atoms with Crippen LogP contribution in [0.3, 0.4) is 0 Å². The van der Waals surface area contributed by atoms with Crippen LogP contribution in [-0.2, 0) is 17.8 Å². The van der Waals surface area contributed by atoms with Crippen molar-refractivity contribution in [3.8, 4) is 5.88 Å². The van der Waals surface area contributed by atoms with E-state index in [4.69, 9.17) is 15.2 Å². The second-order valence-electron chi connectivity index (χ2n) is 7.40. The van der Waals surface area contributed by atoms with Gasteiger partial charge in [0, 0.05) is 25.2 Å². The molecule has 1 aromatic heterocycles. The molecule has 0 saturated carbocycles. The van der Waals surface area contributed by atoms with E-state index >= 15 is 0 Å². The second-order valence-corrected chi connectivity index (χ2v) is 8.17. The Labute approximate surface area is 194 Å². The van der Waals surface area contributed by atoms with Crippen molar-refractivity contribution < 1.29 is 27.8 Å². The van der Waals surface area contributed by atoms with Crippen LogP contribution < -0.4 is 21.1 Å². The van der Waals surface area contributed by atoms with E-state index in [0.717, 1.165) is 37.6 Å². The number of urea groups is 1. The van der Waals surface area contributed by atoms with Crippen molar-refractivity contribution in [2.45, 2.75) is 26.4 Å². The van der Waals surface area contributed by atoms with Crippen LogP contribution in [-0.4, -0.2) is 60.6 Å². The number of carbonyl (C=O) groups is 2. The zero-order valence-corrected chi connectivity index (χ0v) is 19.1. The predicted molar refractivity (Wildman–Crippen MR) is 120 cm³/mol. The van der Waals surface area contributed by atoms with E-state index in [1.165, 1.54) is 12.1 Å². The number of aromatic nitrogens is 1. The van der Waals surface area contributed by atoms with Gasteiger partial charge in [0.25, 0.3) is 5.91 Å². The van der Waals surface area contributed by atoms with Crippen LogP contribution in [0.4, 0.5) is 18.6 Å². The maximum Gasteiger partial charge on any atom is 0.319 e. The molecule has 1 saturated heterocycles. The number of hydrogen-bond acceptors (Lipinski definition) is 7. The fraction of sp³-hybridized carbons (Fsp3) is 0.476. The van der Waals surface area contributed by atoms with E-state index in [1.54, 1.807) is 6.92 Å². The molecular formula is C21H27F2N5O4S. The molecule has 1 aliphatic rings. The van der Waals surface area contributed by atoms with E-state index in [1.807, 2.05) is 0 Å². The third kappa shape index (κ3) is 6.59. The number of nitrogens with one attached hydrogen (secondary N) is 2. The summed E-state index contributed by atoms with van der Waals surface area (Å²) in [5.74, 6) is -2.97. The normalized spacial score (nSPS) is 14.2. The number of rotatable bonds is 10. The molecule has 180 valence electrons. The molecule has 12 heteroatoms. The van der Waals surface area contributed by atoms with Gasteiger partial charge in [0.1, 0.15) is 17.2 Å². The summed E-state index contributed by atoms with van der Waals surface area (Å²) < 4.78 is 42.9. The van der Waals surface area contributed by atoms with Crippen LogP contribution >= 0.6 is 11.5 Å². The molecule has 0 bridgehead atoms.